The van der Waals surface area contributed by atoms with Crippen molar-refractivity contribution in [3.63, 3.8) is 0 Å². The first-order chi connectivity index (χ1) is 15.8. The summed E-state index contributed by atoms with van der Waals surface area (Å²) < 4.78 is 6.15. The molecule has 0 spiro atoms. The highest BCUT2D eigenvalue weighted by molar-refractivity contribution is 6.28. The molecule has 6 rings (SSSR count). The van der Waals surface area contributed by atoms with Crippen molar-refractivity contribution in [2.45, 2.75) is 0 Å². The number of rotatable bonds is 3. The van der Waals surface area contributed by atoms with Crippen LogP contribution in [0.4, 0.5) is 0 Å². The number of aromatic nitrogens is 4. The SMILES string of the molecule is Clc1nc(-c2cccc(-c3ccncc3)c2)nc(-c2cccc3c2oc2ccccc23)n1. The Morgan fingerprint density at radius 1 is 0.625 bits per heavy atom. The molecule has 0 N–H and O–H groups in total. The molecule has 6 aromatic rings. The highest BCUT2D eigenvalue weighted by Crippen LogP contribution is 2.35. The van der Waals surface area contributed by atoms with Gasteiger partial charge in [-0.3, -0.25) is 4.98 Å². The molecule has 3 aromatic heterocycles. The first kappa shape index (κ1) is 18.7. The fourth-order valence-corrected chi connectivity index (χ4v) is 4.07. The summed E-state index contributed by atoms with van der Waals surface area (Å²) in [6.45, 7) is 0. The molecule has 5 nitrogen and oxygen atoms in total. The van der Waals surface area contributed by atoms with Crippen LogP contribution in [0.2, 0.25) is 5.28 Å². The molecule has 0 aliphatic heterocycles. The number of halogens is 1. The zero-order valence-electron chi connectivity index (χ0n) is 16.7. The molecule has 0 amide bonds. The molecular weight excluding hydrogens is 420 g/mol. The monoisotopic (exact) mass is 434 g/mol. The first-order valence-corrected chi connectivity index (χ1v) is 10.5. The highest BCUT2D eigenvalue weighted by Gasteiger charge is 2.16. The molecule has 0 aliphatic rings. The van der Waals surface area contributed by atoms with Gasteiger partial charge >= 0.3 is 0 Å². The summed E-state index contributed by atoms with van der Waals surface area (Å²) in [5.41, 5.74) is 5.28. The molecule has 0 aliphatic carbocycles. The van der Waals surface area contributed by atoms with E-state index in [1.807, 2.05) is 78.9 Å². The van der Waals surface area contributed by atoms with E-state index in [1.165, 1.54) is 0 Å². The summed E-state index contributed by atoms with van der Waals surface area (Å²) in [5.74, 6) is 0.975. The minimum atomic E-state index is 0.132. The second-order valence-corrected chi connectivity index (χ2v) is 7.69. The molecule has 0 bridgehead atoms. The number of pyridine rings is 1. The Morgan fingerprint density at radius 2 is 1.38 bits per heavy atom. The van der Waals surface area contributed by atoms with Crippen LogP contribution >= 0.6 is 11.6 Å². The van der Waals surface area contributed by atoms with E-state index in [2.05, 4.69) is 15.0 Å². The van der Waals surface area contributed by atoms with Crippen molar-refractivity contribution in [3.8, 4) is 33.9 Å². The van der Waals surface area contributed by atoms with Crippen molar-refractivity contribution >= 4 is 33.5 Å². The lowest BCUT2D eigenvalue weighted by atomic mass is 10.0. The van der Waals surface area contributed by atoms with Gasteiger partial charge in [0.25, 0.3) is 0 Å². The van der Waals surface area contributed by atoms with Gasteiger partial charge in [-0.25, -0.2) is 4.98 Å². The predicted octanol–water partition coefficient (Wildman–Crippen LogP) is 6.82. The smallest absolute Gasteiger partial charge is 0.226 e. The molecule has 32 heavy (non-hydrogen) atoms. The number of para-hydroxylation sites is 2. The quantitative estimate of drug-likeness (QED) is 0.305. The normalized spacial score (nSPS) is 11.3. The van der Waals surface area contributed by atoms with Crippen molar-refractivity contribution in [1.82, 2.24) is 19.9 Å². The number of fused-ring (bicyclic) bond motifs is 3. The van der Waals surface area contributed by atoms with Crippen LogP contribution in [0.5, 0.6) is 0 Å². The summed E-state index contributed by atoms with van der Waals surface area (Å²) in [6.07, 6.45) is 3.54. The molecule has 0 unspecified atom stereocenters. The van der Waals surface area contributed by atoms with Crippen LogP contribution in [0, 0.1) is 0 Å². The van der Waals surface area contributed by atoms with E-state index in [-0.39, 0.29) is 5.28 Å². The summed E-state index contributed by atoms with van der Waals surface area (Å²) in [6, 6.07) is 25.8. The number of benzene rings is 3. The van der Waals surface area contributed by atoms with Gasteiger partial charge < -0.3 is 4.42 Å². The maximum atomic E-state index is 6.34. The molecule has 0 saturated heterocycles. The van der Waals surface area contributed by atoms with Gasteiger partial charge in [-0.1, -0.05) is 48.5 Å². The Bertz CT molecular complexity index is 1590. The predicted molar refractivity (Wildman–Crippen MR) is 126 cm³/mol. The second-order valence-electron chi connectivity index (χ2n) is 7.35. The summed E-state index contributed by atoms with van der Waals surface area (Å²) in [5, 5.41) is 2.19. The van der Waals surface area contributed by atoms with Gasteiger partial charge in [0.1, 0.15) is 11.2 Å². The Balaban J connectivity index is 1.51. The summed E-state index contributed by atoms with van der Waals surface area (Å²) in [4.78, 5) is 17.6. The number of hydrogen-bond acceptors (Lipinski definition) is 5. The van der Waals surface area contributed by atoms with Crippen LogP contribution in [0.15, 0.2) is 95.7 Å². The first-order valence-electron chi connectivity index (χ1n) is 10.1. The van der Waals surface area contributed by atoms with Gasteiger partial charge in [0, 0.05) is 28.7 Å². The second kappa shape index (κ2) is 7.55. The van der Waals surface area contributed by atoms with Gasteiger partial charge in [-0.2, -0.15) is 9.97 Å². The van der Waals surface area contributed by atoms with E-state index in [0.717, 1.165) is 44.2 Å². The molecule has 0 radical (unpaired) electrons. The third-order valence-corrected chi connectivity index (χ3v) is 5.56. The van der Waals surface area contributed by atoms with E-state index in [4.69, 9.17) is 21.0 Å². The lowest BCUT2D eigenvalue weighted by Crippen LogP contribution is -1.97. The minimum absolute atomic E-state index is 0.132. The molecule has 3 aromatic carbocycles. The van der Waals surface area contributed by atoms with E-state index in [9.17, 15) is 0 Å². The van der Waals surface area contributed by atoms with Crippen LogP contribution in [-0.4, -0.2) is 19.9 Å². The molecule has 0 fully saturated rings. The van der Waals surface area contributed by atoms with Crippen LogP contribution in [-0.2, 0) is 0 Å². The molecule has 0 saturated carbocycles. The maximum Gasteiger partial charge on any atom is 0.226 e. The van der Waals surface area contributed by atoms with Gasteiger partial charge in [0.15, 0.2) is 11.6 Å². The number of hydrogen-bond donors (Lipinski definition) is 0. The minimum Gasteiger partial charge on any atom is -0.455 e. The van der Waals surface area contributed by atoms with Crippen LogP contribution < -0.4 is 0 Å². The van der Waals surface area contributed by atoms with Crippen molar-refractivity contribution in [3.05, 3.63) is 96.5 Å². The molecule has 152 valence electrons. The average Bonchev–Trinajstić information content (AvgIpc) is 3.23. The largest absolute Gasteiger partial charge is 0.455 e. The van der Waals surface area contributed by atoms with Gasteiger partial charge in [0.2, 0.25) is 5.28 Å². The average molecular weight is 435 g/mol. The Morgan fingerprint density at radius 3 is 2.28 bits per heavy atom. The van der Waals surface area contributed by atoms with Gasteiger partial charge in [-0.05, 0) is 53.1 Å². The zero-order chi connectivity index (χ0) is 21.5. The Hall–Kier alpha value is -4.09. The zero-order valence-corrected chi connectivity index (χ0v) is 17.5. The fraction of sp³-hybridized carbons (Fsp3) is 0. The summed E-state index contributed by atoms with van der Waals surface area (Å²) >= 11 is 6.34. The highest BCUT2D eigenvalue weighted by atomic mass is 35.5. The van der Waals surface area contributed by atoms with Crippen LogP contribution in [0.25, 0.3) is 55.8 Å². The topological polar surface area (TPSA) is 64.7 Å². The molecule has 3 heterocycles. The van der Waals surface area contributed by atoms with Crippen molar-refractivity contribution in [1.29, 1.82) is 0 Å². The third kappa shape index (κ3) is 3.20. The van der Waals surface area contributed by atoms with E-state index in [1.54, 1.807) is 12.4 Å². The van der Waals surface area contributed by atoms with Gasteiger partial charge in [-0.15, -0.1) is 0 Å². The van der Waals surface area contributed by atoms with E-state index < -0.39 is 0 Å². The fourth-order valence-electron chi connectivity index (χ4n) is 3.91. The Kier molecular flexibility index (Phi) is 4.40. The molecule has 6 heteroatoms. The number of nitrogens with zero attached hydrogens (tertiary/aromatic N) is 4. The lowest BCUT2D eigenvalue weighted by molar-refractivity contribution is 0.669. The van der Waals surface area contributed by atoms with E-state index >= 15 is 0 Å². The maximum absolute atomic E-state index is 6.34. The molecule has 0 atom stereocenters. The Labute approximate surface area is 188 Å². The van der Waals surface area contributed by atoms with Crippen LogP contribution in [0.1, 0.15) is 0 Å². The van der Waals surface area contributed by atoms with Crippen molar-refractivity contribution in [2.75, 3.05) is 0 Å². The van der Waals surface area contributed by atoms with E-state index in [0.29, 0.717) is 11.6 Å². The van der Waals surface area contributed by atoms with Crippen molar-refractivity contribution < 1.29 is 4.42 Å². The lowest BCUT2D eigenvalue weighted by Gasteiger charge is -2.07. The summed E-state index contributed by atoms with van der Waals surface area (Å²) in [7, 11) is 0. The number of furan rings is 1. The van der Waals surface area contributed by atoms with Crippen molar-refractivity contribution in [2.24, 2.45) is 0 Å². The van der Waals surface area contributed by atoms with Gasteiger partial charge in [0.05, 0.1) is 5.56 Å². The standard InChI is InChI=1S/C26H15ClN4O/c27-26-30-24(18-6-3-5-17(15-18)16-11-13-28-14-12-16)29-25(31-26)21-9-4-8-20-19-7-1-2-10-22(19)32-23(20)21/h1-15H. The third-order valence-electron chi connectivity index (χ3n) is 5.39. The molecular formula is C26H15ClN4O. The van der Waals surface area contributed by atoms with Crippen LogP contribution in [0.3, 0.4) is 0 Å².